The van der Waals surface area contributed by atoms with Gasteiger partial charge in [0.2, 0.25) is 0 Å². The Balaban J connectivity index is 1.49. The van der Waals surface area contributed by atoms with Gasteiger partial charge in [0.15, 0.2) is 0 Å². The maximum atomic E-state index is 12.1. The monoisotopic (exact) mass is 259 g/mol. The van der Waals surface area contributed by atoms with Crippen LogP contribution in [0.15, 0.2) is 24.3 Å². The van der Waals surface area contributed by atoms with E-state index in [1.54, 1.807) is 0 Å². The maximum Gasteiger partial charge on any atom is 0.328 e. The van der Waals surface area contributed by atoms with Gasteiger partial charge in [0.05, 0.1) is 6.61 Å². The average molecular weight is 259 g/mol. The number of hydrogen-bond acceptors (Lipinski definition) is 3. The molecule has 1 N–H and O–H groups in total. The highest BCUT2D eigenvalue weighted by Gasteiger charge is 2.28. The number of carbonyl (C=O) groups is 1. The smallest absolute Gasteiger partial charge is 0.328 e. The van der Waals surface area contributed by atoms with E-state index in [0.29, 0.717) is 12.5 Å². The summed E-state index contributed by atoms with van der Waals surface area (Å²) in [6.45, 7) is 0.605. The number of nitrogens with one attached hydrogen (secondary N) is 1. The second-order valence-corrected chi connectivity index (χ2v) is 5.69. The van der Waals surface area contributed by atoms with Gasteiger partial charge in [-0.05, 0) is 30.4 Å². The van der Waals surface area contributed by atoms with Crippen molar-refractivity contribution in [1.82, 2.24) is 0 Å². The summed E-state index contributed by atoms with van der Waals surface area (Å²) in [5.41, 5.74) is 2.28. The van der Waals surface area contributed by atoms with E-state index in [0.717, 1.165) is 12.1 Å². The van der Waals surface area contributed by atoms with Crippen molar-refractivity contribution in [2.24, 2.45) is 5.92 Å². The van der Waals surface area contributed by atoms with Crippen LogP contribution in [0.4, 0.5) is 5.69 Å². The molecule has 0 radical (unpaired) electrons. The highest BCUT2D eigenvalue weighted by molar-refractivity contribution is 5.82. The third kappa shape index (κ3) is 2.91. The lowest BCUT2D eigenvalue weighted by molar-refractivity contribution is -0.146. The van der Waals surface area contributed by atoms with E-state index < -0.39 is 0 Å². The zero-order valence-corrected chi connectivity index (χ0v) is 11.2. The molecule has 1 aromatic rings. The van der Waals surface area contributed by atoms with Gasteiger partial charge in [0, 0.05) is 12.1 Å². The number of hydrogen-bond donors (Lipinski definition) is 1. The van der Waals surface area contributed by atoms with E-state index in [4.69, 9.17) is 4.74 Å². The Labute approximate surface area is 114 Å². The molecular formula is C16H21NO2. The molecule has 1 aliphatic heterocycles. The quantitative estimate of drug-likeness (QED) is 0.847. The third-order valence-electron chi connectivity index (χ3n) is 4.24. The van der Waals surface area contributed by atoms with Gasteiger partial charge >= 0.3 is 5.97 Å². The minimum absolute atomic E-state index is 0.0956. The number of para-hydroxylation sites is 1. The van der Waals surface area contributed by atoms with Gasteiger partial charge in [-0.25, -0.2) is 4.79 Å². The summed E-state index contributed by atoms with van der Waals surface area (Å²) in [6.07, 6.45) is 7.09. The van der Waals surface area contributed by atoms with Gasteiger partial charge in [0.25, 0.3) is 0 Å². The number of rotatable bonds is 3. The second-order valence-electron chi connectivity index (χ2n) is 5.69. The fraction of sp³-hybridized carbons (Fsp3) is 0.562. The van der Waals surface area contributed by atoms with Crippen LogP contribution in [-0.4, -0.2) is 18.6 Å². The lowest BCUT2D eigenvalue weighted by Gasteiger charge is -2.22. The number of ether oxygens (including phenoxy) is 1. The zero-order chi connectivity index (χ0) is 13.1. The van der Waals surface area contributed by atoms with Crippen LogP contribution in [0.3, 0.4) is 0 Å². The molecule has 3 rings (SSSR count). The van der Waals surface area contributed by atoms with Crippen molar-refractivity contribution in [3.05, 3.63) is 29.8 Å². The lowest BCUT2D eigenvalue weighted by atomic mass is 9.90. The Hall–Kier alpha value is -1.51. The predicted molar refractivity (Wildman–Crippen MR) is 75.1 cm³/mol. The molecule has 3 heteroatoms. The molecule has 1 heterocycles. The molecule has 0 amide bonds. The summed E-state index contributed by atoms with van der Waals surface area (Å²) in [5.74, 6) is 0.489. The SMILES string of the molecule is O=C(OCC1CCCCC1)[C@@H]1Cc2ccccc2N1. The first-order valence-corrected chi connectivity index (χ1v) is 7.34. The predicted octanol–water partition coefficient (Wildman–Crippen LogP) is 3.15. The Morgan fingerprint density at radius 2 is 2.00 bits per heavy atom. The number of fused-ring (bicyclic) bond motifs is 1. The van der Waals surface area contributed by atoms with Crippen LogP contribution < -0.4 is 5.32 Å². The average Bonchev–Trinajstić information content (AvgIpc) is 2.90. The molecular weight excluding hydrogens is 238 g/mol. The van der Waals surface area contributed by atoms with Gasteiger partial charge in [-0.3, -0.25) is 0 Å². The lowest BCUT2D eigenvalue weighted by Crippen LogP contribution is -2.30. The van der Waals surface area contributed by atoms with Crippen LogP contribution in [-0.2, 0) is 16.0 Å². The molecule has 1 saturated carbocycles. The van der Waals surface area contributed by atoms with Crippen molar-refractivity contribution < 1.29 is 9.53 Å². The number of anilines is 1. The minimum atomic E-state index is -0.194. The highest BCUT2D eigenvalue weighted by Crippen LogP contribution is 2.27. The van der Waals surface area contributed by atoms with Crippen molar-refractivity contribution in [3.63, 3.8) is 0 Å². The van der Waals surface area contributed by atoms with Crippen molar-refractivity contribution in [2.75, 3.05) is 11.9 Å². The molecule has 0 unspecified atom stereocenters. The van der Waals surface area contributed by atoms with E-state index >= 15 is 0 Å². The standard InChI is InChI=1S/C16H21NO2/c18-16(19-11-12-6-2-1-3-7-12)15-10-13-8-4-5-9-14(13)17-15/h4-5,8-9,12,15,17H,1-3,6-7,10-11H2/t15-/m0/s1. The van der Waals surface area contributed by atoms with Crippen LogP contribution in [0.2, 0.25) is 0 Å². The summed E-state index contributed by atoms with van der Waals surface area (Å²) >= 11 is 0. The summed E-state index contributed by atoms with van der Waals surface area (Å²) in [7, 11) is 0. The first kappa shape index (κ1) is 12.5. The Morgan fingerprint density at radius 3 is 2.79 bits per heavy atom. The number of benzene rings is 1. The van der Waals surface area contributed by atoms with Gasteiger partial charge < -0.3 is 10.1 Å². The molecule has 3 nitrogen and oxygen atoms in total. The zero-order valence-electron chi connectivity index (χ0n) is 11.2. The fourth-order valence-electron chi connectivity index (χ4n) is 3.09. The van der Waals surface area contributed by atoms with E-state index in [9.17, 15) is 4.79 Å². The molecule has 0 aromatic heterocycles. The molecule has 1 aliphatic carbocycles. The summed E-state index contributed by atoms with van der Waals surface area (Å²) in [5, 5.41) is 3.25. The third-order valence-corrected chi connectivity index (χ3v) is 4.24. The van der Waals surface area contributed by atoms with Crippen molar-refractivity contribution in [2.45, 2.75) is 44.6 Å². The normalized spacial score (nSPS) is 22.6. The first-order chi connectivity index (χ1) is 9.33. The van der Waals surface area contributed by atoms with Crippen LogP contribution in [0.25, 0.3) is 0 Å². The molecule has 1 aromatic carbocycles. The van der Waals surface area contributed by atoms with E-state index in [1.165, 1.54) is 37.7 Å². The highest BCUT2D eigenvalue weighted by atomic mass is 16.5. The summed E-state index contributed by atoms with van der Waals surface area (Å²) < 4.78 is 5.50. The Morgan fingerprint density at radius 1 is 1.21 bits per heavy atom. The van der Waals surface area contributed by atoms with Crippen molar-refractivity contribution in [1.29, 1.82) is 0 Å². The second kappa shape index (κ2) is 5.64. The fourth-order valence-corrected chi connectivity index (χ4v) is 3.09. The topological polar surface area (TPSA) is 38.3 Å². The van der Waals surface area contributed by atoms with Gasteiger partial charge in [-0.2, -0.15) is 0 Å². The van der Waals surface area contributed by atoms with Crippen molar-refractivity contribution >= 4 is 11.7 Å². The molecule has 1 fully saturated rings. The minimum Gasteiger partial charge on any atom is -0.464 e. The Kier molecular flexibility index (Phi) is 3.72. The molecule has 0 bridgehead atoms. The molecule has 0 saturated heterocycles. The number of esters is 1. The van der Waals surface area contributed by atoms with E-state index in [-0.39, 0.29) is 12.0 Å². The van der Waals surface area contributed by atoms with Crippen LogP contribution in [0.5, 0.6) is 0 Å². The van der Waals surface area contributed by atoms with Crippen LogP contribution in [0.1, 0.15) is 37.7 Å². The molecule has 2 aliphatic rings. The molecule has 1 atom stereocenters. The molecule has 0 spiro atoms. The van der Waals surface area contributed by atoms with Gasteiger partial charge in [0.1, 0.15) is 6.04 Å². The Bertz CT molecular complexity index is 427. The van der Waals surface area contributed by atoms with Crippen LogP contribution >= 0.6 is 0 Å². The van der Waals surface area contributed by atoms with Gasteiger partial charge in [-0.1, -0.05) is 37.5 Å². The van der Waals surface area contributed by atoms with Gasteiger partial charge in [-0.15, -0.1) is 0 Å². The van der Waals surface area contributed by atoms with E-state index in [2.05, 4.69) is 11.4 Å². The van der Waals surface area contributed by atoms with E-state index in [1.807, 2.05) is 18.2 Å². The molecule has 19 heavy (non-hydrogen) atoms. The molecule has 102 valence electrons. The van der Waals surface area contributed by atoms with Crippen molar-refractivity contribution in [3.8, 4) is 0 Å². The largest absolute Gasteiger partial charge is 0.464 e. The maximum absolute atomic E-state index is 12.1. The first-order valence-electron chi connectivity index (χ1n) is 7.34. The summed E-state index contributed by atoms with van der Waals surface area (Å²) in [4.78, 5) is 12.1. The number of carbonyl (C=O) groups excluding carboxylic acids is 1. The summed E-state index contributed by atoms with van der Waals surface area (Å²) in [6, 6.07) is 7.89. The van der Waals surface area contributed by atoms with Crippen LogP contribution in [0, 0.1) is 5.92 Å².